The Morgan fingerprint density at radius 3 is 2.79 bits per heavy atom. The minimum Gasteiger partial charge on any atom is -0.382 e. The number of alkyl halides is 1. The molecule has 0 atom stereocenters. The van der Waals surface area contributed by atoms with Crippen LogP contribution in [0.25, 0.3) is 10.2 Å². The van der Waals surface area contributed by atoms with Crippen LogP contribution in [-0.4, -0.2) is 36.7 Å². The number of rotatable bonds is 7. The Hall–Kier alpha value is -2.57. The number of anilines is 3. The van der Waals surface area contributed by atoms with Crippen LogP contribution in [0.3, 0.4) is 0 Å². The van der Waals surface area contributed by atoms with Gasteiger partial charge in [-0.1, -0.05) is 11.6 Å². The molecule has 3 rings (SSSR count). The normalized spacial score (nSPS) is 11.6. The summed E-state index contributed by atoms with van der Waals surface area (Å²) in [5, 5.41) is 3.67. The number of nitrogens with two attached hydrogens (primary N) is 1. The smallest absolute Gasteiger partial charge is 0.258 e. The standard InChI is InChI=1S/C16H14ClF2N5O3S2/c17-9-2-3-10(24-29(26,27)5-1-4-18)11(19)13(9)23-16(25)8-6-28-14-12(8)21-7-22-15(14)20/h2-3,6-7,24H,1,4-5H2,(H,23,25)(H2,20,21,22). The van der Waals surface area contributed by atoms with Gasteiger partial charge in [0.2, 0.25) is 10.0 Å². The Kier molecular flexibility index (Phi) is 6.15. The minimum absolute atomic E-state index is 0.128. The lowest BCUT2D eigenvalue weighted by molar-refractivity contribution is 0.102. The van der Waals surface area contributed by atoms with E-state index in [1.165, 1.54) is 17.8 Å². The number of hydrogen-bond acceptors (Lipinski definition) is 7. The van der Waals surface area contributed by atoms with E-state index in [-0.39, 0.29) is 22.8 Å². The molecule has 0 aliphatic rings. The van der Waals surface area contributed by atoms with E-state index < -0.39 is 45.5 Å². The molecule has 4 N–H and O–H groups in total. The van der Waals surface area contributed by atoms with Gasteiger partial charge in [-0.3, -0.25) is 13.9 Å². The summed E-state index contributed by atoms with van der Waals surface area (Å²) < 4.78 is 53.4. The largest absolute Gasteiger partial charge is 0.382 e. The lowest BCUT2D eigenvalue weighted by Crippen LogP contribution is -2.19. The van der Waals surface area contributed by atoms with Crippen LogP contribution in [0.5, 0.6) is 0 Å². The van der Waals surface area contributed by atoms with E-state index in [2.05, 4.69) is 15.3 Å². The van der Waals surface area contributed by atoms with Gasteiger partial charge in [-0.2, -0.15) is 0 Å². The number of benzene rings is 1. The van der Waals surface area contributed by atoms with Gasteiger partial charge < -0.3 is 11.1 Å². The second-order valence-corrected chi connectivity index (χ2v) is 8.92. The molecule has 13 heteroatoms. The molecule has 0 saturated carbocycles. The summed E-state index contributed by atoms with van der Waals surface area (Å²) in [6, 6.07) is 2.33. The number of nitrogen functional groups attached to an aromatic ring is 1. The predicted octanol–water partition coefficient (Wildman–Crippen LogP) is 3.42. The zero-order valence-corrected chi connectivity index (χ0v) is 17.0. The van der Waals surface area contributed by atoms with Crippen molar-refractivity contribution in [2.75, 3.05) is 28.2 Å². The second kappa shape index (κ2) is 8.43. The number of amides is 1. The summed E-state index contributed by atoms with van der Waals surface area (Å²) in [6.45, 7) is -0.825. The summed E-state index contributed by atoms with van der Waals surface area (Å²) in [7, 11) is -3.97. The van der Waals surface area contributed by atoms with Gasteiger partial charge in [-0.15, -0.1) is 11.3 Å². The van der Waals surface area contributed by atoms with E-state index in [9.17, 15) is 22.0 Å². The number of thiophene rings is 1. The van der Waals surface area contributed by atoms with Gasteiger partial charge in [0, 0.05) is 5.38 Å². The fourth-order valence-electron chi connectivity index (χ4n) is 2.42. The number of fused-ring (bicyclic) bond motifs is 1. The molecule has 1 amide bonds. The molecule has 2 heterocycles. The van der Waals surface area contributed by atoms with Crippen molar-refractivity contribution in [3.05, 3.63) is 40.2 Å². The zero-order valence-electron chi connectivity index (χ0n) is 14.6. The summed E-state index contributed by atoms with van der Waals surface area (Å²) >= 11 is 7.13. The maximum Gasteiger partial charge on any atom is 0.258 e. The average Bonchev–Trinajstić information content (AvgIpc) is 3.11. The van der Waals surface area contributed by atoms with Gasteiger partial charge in [0.25, 0.3) is 5.91 Å². The first-order valence-corrected chi connectivity index (χ1v) is 11.0. The Morgan fingerprint density at radius 1 is 1.31 bits per heavy atom. The quantitative estimate of drug-likeness (QED) is 0.494. The lowest BCUT2D eigenvalue weighted by atomic mass is 10.2. The number of carbonyl (C=O) groups excluding carboxylic acids is 1. The average molecular weight is 462 g/mol. The van der Waals surface area contributed by atoms with Gasteiger partial charge in [0.05, 0.1) is 44.6 Å². The molecule has 0 bridgehead atoms. The van der Waals surface area contributed by atoms with E-state index >= 15 is 0 Å². The summed E-state index contributed by atoms with van der Waals surface area (Å²) in [4.78, 5) is 20.5. The van der Waals surface area contributed by atoms with E-state index in [1.807, 2.05) is 4.72 Å². The Labute approximate surface area is 173 Å². The van der Waals surface area contributed by atoms with Crippen LogP contribution in [0.2, 0.25) is 5.02 Å². The van der Waals surface area contributed by atoms with E-state index in [0.29, 0.717) is 10.2 Å². The first-order chi connectivity index (χ1) is 13.7. The van der Waals surface area contributed by atoms with Crippen molar-refractivity contribution < 1.29 is 22.0 Å². The highest BCUT2D eigenvalue weighted by atomic mass is 35.5. The highest BCUT2D eigenvalue weighted by molar-refractivity contribution is 7.92. The number of carbonyl (C=O) groups is 1. The minimum atomic E-state index is -3.97. The third kappa shape index (κ3) is 4.54. The third-order valence-corrected chi connectivity index (χ3v) is 6.43. The van der Waals surface area contributed by atoms with Crippen molar-refractivity contribution >= 4 is 66.3 Å². The van der Waals surface area contributed by atoms with Crippen molar-refractivity contribution in [1.29, 1.82) is 0 Å². The first-order valence-electron chi connectivity index (χ1n) is 8.07. The SMILES string of the molecule is Nc1ncnc2c(C(=O)Nc3c(Cl)ccc(NS(=O)(=O)CCCF)c3F)csc12. The van der Waals surface area contributed by atoms with Gasteiger partial charge in [0.1, 0.15) is 12.1 Å². The molecule has 0 saturated heterocycles. The Morgan fingerprint density at radius 2 is 2.07 bits per heavy atom. The molecule has 0 unspecified atom stereocenters. The third-order valence-electron chi connectivity index (χ3n) is 3.77. The number of hydrogen-bond donors (Lipinski definition) is 3. The van der Waals surface area contributed by atoms with Crippen molar-refractivity contribution in [2.24, 2.45) is 0 Å². The highest BCUT2D eigenvalue weighted by Gasteiger charge is 2.21. The van der Waals surface area contributed by atoms with Crippen molar-refractivity contribution in [1.82, 2.24) is 9.97 Å². The Balaban J connectivity index is 1.90. The topological polar surface area (TPSA) is 127 Å². The molecule has 0 fully saturated rings. The van der Waals surface area contributed by atoms with Crippen LogP contribution in [-0.2, 0) is 10.0 Å². The number of aromatic nitrogens is 2. The molecule has 29 heavy (non-hydrogen) atoms. The molecular weight excluding hydrogens is 448 g/mol. The van der Waals surface area contributed by atoms with Crippen LogP contribution in [0, 0.1) is 5.82 Å². The maximum absolute atomic E-state index is 14.8. The van der Waals surface area contributed by atoms with Gasteiger partial charge in [-0.05, 0) is 18.6 Å². The summed E-state index contributed by atoms with van der Waals surface area (Å²) in [5.41, 5.74) is 5.32. The van der Waals surface area contributed by atoms with Gasteiger partial charge in [-0.25, -0.2) is 22.8 Å². The van der Waals surface area contributed by atoms with E-state index in [0.717, 1.165) is 17.4 Å². The molecule has 0 spiro atoms. The summed E-state index contributed by atoms with van der Waals surface area (Å²) in [6.07, 6.45) is 0.964. The molecule has 2 aromatic heterocycles. The number of sulfonamides is 1. The molecule has 0 aliphatic carbocycles. The zero-order chi connectivity index (χ0) is 21.2. The van der Waals surface area contributed by atoms with Crippen molar-refractivity contribution in [2.45, 2.75) is 6.42 Å². The molecule has 8 nitrogen and oxygen atoms in total. The molecular formula is C16H14ClF2N5O3S2. The number of halogens is 3. The fraction of sp³-hybridized carbons (Fsp3) is 0.188. The van der Waals surface area contributed by atoms with Crippen LogP contribution in [0.4, 0.5) is 26.0 Å². The molecule has 0 aliphatic heterocycles. The first kappa shape index (κ1) is 21.1. The lowest BCUT2D eigenvalue weighted by Gasteiger charge is -2.13. The maximum atomic E-state index is 14.8. The van der Waals surface area contributed by atoms with Crippen LogP contribution < -0.4 is 15.8 Å². The summed E-state index contributed by atoms with van der Waals surface area (Å²) in [5.74, 6) is -2.11. The van der Waals surface area contributed by atoms with Crippen LogP contribution in [0.15, 0.2) is 23.8 Å². The van der Waals surface area contributed by atoms with Crippen LogP contribution in [0.1, 0.15) is 16.8 Å². The molecule has 154 valence electrons. The second-order valence-electron chi connectivity index (χ2n) is 5.79. The van der Waals surface area contributed by atoms with Crippen molar-refractivity contribution in [3.63, 3.8) is 0 Å². The highest BCUT2D eigenvalue weighted by Crippen LogP contribution is 2.33. The molecule has 3 aromatic rings. The van der Waals surface area contributed by atoms with Crippen molar-refractivity contribution in [3.8, 4) is 0 Å². The fourth-order valence-corrected chi connectivity index (χ4v) is 4.60. The van der Waals surface area contributed by atoms with Gasteiger partial charge in [0.15, 0.2) is 5.82 Å². The van der Waals surface area contributed by atoms with Gasteiger partial charge >= 0.3 is 0 Å². The number of nitrogens with zero attached hydrogens (tertiary/aromatic N) is 2. The molecule has 1 aromatic carbocycles. The predicted molar refractivity (Wildman–Crippen MR) is 109 cm³/mol. The monoisotopic (exact) mass is 461 g/mol. The molecule has 0 radical (unpaired) electrons. The number of nitrogens with one attached hydrogen (secondary N) is 2. The van der Waals surface area contributed by atoms with E-state index in [1.54, 1.807) is 0 Å². The van der Waals surface area contributed by atoms with Crippen LogP contribution >= 0.6 is 22.9 Å². The Bertz CT molecular complexity index is 1190. The van der Waals surface area contributed by atoms with E-state index in [4.69, 9.17) is 17.3 Å².